The van der Waals surface area contributed by atoms with E-state index in [1.54, 1.807) is 30.5 Å². The molecule has 3 aromatic carbocycles. The number of nitrogens with zero attached hydrogens (tertiary/aromatic N) is 2. The third-order valence-corrected chi connectivity index (χ3v) is 7.94. The number of nitrogens with one attached hydrogen (secondary N) is 1. The number of aliphatic hydroxyl groups is 1. The first-order valence-corrected chi connectivity index (χ1v) is 14.0. The topological polar surface area (TPSA) is 115 Å². The van der Waals surface area contributed by atoms with E-state index in [0.29, 0.717) is 39.4 Å². The number of fused-ring (bicyclic) bond motifs is 1. The summed E-state index contributed by atoms with van der Waals surface area (Å²) in [4.78, 5) is 15.5. The zero-order valence-corrected chi connectivity index (χ0v) is 23.4. The second kappa shape index (κ2) is 13.1. The van der Waals surface area contributed by atoms with Crippen molar-refractivity contribution < 1.29 is 24.1 Å². The van der Waals surface area contributed by atoms with Gasteiger partial charge in [-0.05, 0) is 71.7 Å². The lowest BCUT2D eigenvalue weighted by Crippen LogP contribution is -2.39. The molecule has 4 aromatic rings. The Morgan fingerprint density at radius 2 is 1.95 bits per heavy atom. The minimum Gasteiger partial charge on any atom is -0.489 e. The highest BCUT2D eigenvalue weighted by Crippen LogP contribution is 2.42. The fourth-order valence-corrected chi connectivity index (χ4v) is 5.73. The summed E-state index contributed by atoms with van der Waals surface area (Å²) in [5.41, 5.74) is 6.44. The molecule has 0 radical (unpaired) electrons. The molecule has 0 amide bonds. The van der Waals surface area contributed by atoms with Crippen LogP contribution in [-0.2, 0) is 30.8 Å². The third kappa shape index (κ3) is 6.44. The van der Waals surface area contributed by atoms with Gasteiger partial charge in [-0.1, -0.05) is 48.0 Å². The zero-order valence-electron chi connectivity index (χ0n) is 22.7. The molecule has 0 bridgehead atoms. The van der Waals surface area contributed by atoms with Gasteiger partial charge in [0.15, 0.2) is 0 Å². The fraction of sp³-hybridized carbons (Fsp3) is 0.242. The number of pyridine rings is 1. The van der Waals surface area contributed by atoms with Gasteiger partial charge in [0.2, 0.25) is 0 Å². The molecule has 1 aliphatic carbocycles. The number of carbonyl (C=O) groups is 1. The highest BCUT2D eigenvalue weighted by molar-refractivity contribution is 6.31. The predicted molar refractivity (Wildman–Crippen MR) is 157 cm³/mol. The van der Waals surface area contributed by atoms with Crippen LogP contribution in [0.5, 0.6) is 5.75 Å². The Labute approximate surface area is 248 Å². The maximum absolute atomic E-state index is 14.6. The van der Waals surface area contributed by atoms with Gasteiger partial charge in [-0.3, -0.25) is 15.1 Å². The molecule has 214 valence electrons. The molecule has 2 atom stereocenters. The minimum atomic E-state index is -1.17. The molecular weight excluding hydrogens is 557 g/mol. The van der Waals surface area contributed by atoms with Crippen molar-refractivity contribution in [3.8, 4) is 22.9 Å². The van der Waals surface area contributed by atoms with E-state index in [0.717, 1.165) is 29.5 Å². The number of aliphatic carboxylic acids is 1. The quantitative estimate of drug-likeness (QED) is 0.204. The summed E-state index contributed by atoms with van der Waals surface area (Å²) in [6.07, 6.45) is 5.44. The van der Waals surface area contributed by atoms with Crippen molar-refractivity contribution in [1.29, 1.82) is 5.26 Å². The zero-order chi connectivity index (χ0) is 29.6. The first-order valence-electron chi connectivity index (χ1n) is 13.6. The van der Waals surface area contributed by atoms with Crippen LogP contribution in [0.4, 0.5) is 4.39 Å². The number of hydrogen-bond acceptors (Lipinski definition) is 6. The Bertz CT molecular complexity index is 1660. The summed E-state index contributed by atoms with van der Waals surface area (Å²) >= 11 is 6.78. The molecule has 5 rings (SSSR count). The molecule has 9 heteroatoms. The lowest BCUT2D eigenvalue weighted by Gasteiger charge is -2.19. The van der Waals surface area contributed by atoms with Gasteiger partial charge in [-0.15, -0.1) is 0 Å². The summed E-state index contributed by atoms with van der Waals surface area (Å²) in [6, 6.07) is 19.1. The van der Waals surface area contributed by atoms with Gasteiger partial charge < -0.3 is 14.9 Å². The third-order valence-electron chi connectivity index (χ3n) is 7.59. The van der Waals surface area contributed by atoms with E-state index in [1.165, 1.54) is 17.8 Å². The number of aromatic nitrogens is 1. The molecule has 0 spiro atoms. The molecule has 0 aliphatic heterocycles. The summed E-state index contributed by atoms with van der Waals surface area (Å²) in [6.45, 7) is -0.335. The van der Waals surface area contributed by atoms with E-state index in [1.807, 2.05) is 24.3 Å². The van der Waals surface area contributed by atoms with Crippen LogP contribution in [0, 0.1) is 17.1 Å². The first-order chi connectivity index (χ1) is 20.4. The fourth-order valence-electron chi connectivity index (χ4n) is 5.47. The van der Waals surface area contributed by atoms with Crippen molar-refractivity contribution >= 4 is 17.6 Å². The smallest absolute Gasteiger partial charge is 0.323 e. The SMILES string of the molecule is N#Cc1cncc(COc2cc(C[C@H]3CCc4c(-c5ccccc5F)cccc43)c(Cl)cc2CN[C@H](CO)C(=O)O)c1. The van der Waals surface area contributed by atoms with Gasteiger partial charge >= 0.3 is 5.97 Å². The van der Waals surface area contributed by atoms with Crippen molar-refractivity contribution in [1.82, 2.24) is 10.3 Å². The Hall–Kier alpha value is -4.29. The highest BCUT2D eigenvalue weighted by Gasteiger charge is 2.27. The Balaban J connectivity index is 1.43. The lowest BCUT2D eigenvalue weighted by atomic mass is 9.90. The minimum absolute atomic E-state index is 0.0988. The molecule has 1 aliphatic rings. The summed E-state index contributed by atoms with van der Waals surface area (Å²) in [5, 5.41) is 31.3. The monoisotopic (exact) mass is 585 g/mol. The number of aliphatic hydroxyl groups excluding tert-OH is 1. The van der Waals surface area contributed by atoms with E-state index in [4.69, 9.17) is 16.3 Å². The maximum Gasteiger partial charge on any atom is 0.323 e. The first kappa shape index (κ1) is 29.2. The number of nitriles is 1. The van der Waals surface area contributed by atoms with E-state index >= 15 is 0 Å². The average Bonchev–Trinajstić information content (AvgIpc) is 3.41. The van der Waals surface area contributed by atoms with E-state index < -0.39 is 18.6 Å². The molecule has 7 nitrogen and oxygen atoms in total. The van der Waals surface area contributed by atoms with E-state index in [-0.39, 0.29) is 24.9 Å². The maximum atomic E-state index is 14.6. The van der Waals surface area contributed by atoms with Crippen LogP contribution in [0.2, 0.25) is 5.02 Å². The molecule has 42 heavy (non-hydrogen) atoms. The molecule has 0 saturated carbocycles. The predicted octanol–water partition coefficient (Wildman–Crippen LogP) is 5.80. The molecule has 0 saturated heterocycles. The Kier molecular flexibility index (Phi) is 9.13. The van der Waals surface area contributed by atoms with Crippen molar-refractivity contribution in [2.45, 2.75) is 44.4 Å². The number of ether oxygens (including phenoxy) is 1. The summed E-state index contributed by atoms with van der Waals surface area (Å²) in [5.74, 6) is -0.741. The van der Waals surface area contributed by atoms with Gasteiger partial charge in [0.1, 0.15) is 30.3 Å². The second-order valence-electron chi connectivity index (χ2n) is 10.3. The standard InChI is InChI=1S/C33H29ClFN3O4/c34-29-12-24(17-38-31(18-39)33(40)41)32(42-19-21-10-20(14-36)15-37-16-21)13-23(29)11-22-8-9-27-25(22)5-3-6-26(27)28-4-1-2-7-30(28)35/h1-7,10,12-13,15-16,22,31,38-39H,8-9,11,17-19H2,(H,40,41)/t22-,31-/m1/s1. The van der Waals surface area contributed by atoms with Crippen LogP contribution < -0.4 is 10.1 Å². The summed E-state index contributed by atoms with van der Waals surface area (Å²) < 4.78 is 20.8. The highest BCUT2D eigenvalue weighted by atomic mass is 35.5. The van der Waals surface area contributed by atoms with Crippen molar-refractivity contribution in [2.75, 3.05) is 6.61 Å². The van der Waals surface area contributed by atoms with Crippen LogP contribution in [0.3, 0.4) is 0 Å². The molecular formula is C33H29ClFN3O4. The molecule has 0 fully saturated rings. The van der Waals surface area contributed by atoms with E-state index in [9.17, 15) is 24.7 Å². The van der Waals surface area contributed by atoms with Crippen molar-refractivity contribution in [2.24, 2.45) is 0 Å². The van der Waals surface area contributed by atoms with Gasteiger partial charge in [0.25, 0.3) is 0 Å². The average molecular weight is 586 g/mol. The molecule has 1 heterocycles. The van der Waals surface area contributed by atoms with Crippen LogP contribution in [0.25, 0.3) is 11.1 Å². The van der Waals surface area contributed by atoms with Crippen LogP contribution in [0.1, 0.15) is 45.7 Å². The number of rotatable bonds is 11. The van der Waals surface area contributed by atoms with Gasteiger partial charge in [0, 0.05) is 40.7 Å². The van der Waals surface area contributed by atoms with Crippen LogP contribution in [0.15, 0.2) is 73.1 Å². The largest absolute Gasteiger partial charge is 0.489 e. The lowest BCUT2D eigenvalue weighted by molar-refractivity contribution is -0.140. The number of carboxylic acid groups (broad SMARTS) is 1. The Morgan fingerprint density at radius 1 is 1.14 bits per heavy atom. The normalized spacial score (nSPS) is 14.7. The number of hydrogen-bond donors (Lipinski definition) is 3. The van der Waals surface area contributed by atoms with Crippen LogP contribution >= 0.6 is 11.6 Å². The van der Waals surface area contributed by atoms with Gasteiger partial charge in [-0.2, -0.15) is 5.26 Å². The summed E-state index contributed by atoms with van der Waals surface area (Å²) in [7, 11) is 0. The molecule has 1 aromatic heterocycles. The van der Waals surface area contributed by atoms with Gasteiger partial charge in [-0.25, -0.2) is 4.39 Å². The van der Waals surface area contributed by atoms with Crippen molar-refractivity contribution in [3.63, 3.8) is 0 Å². The van der Waals surface area contributed by atoms with Gasteiger partial charge in [0.05, 0.1) is 12.2 Å². The van der Waals surface area contributed by atoms with Crippen molar-refractivity contribution in [3.05, 3.63) is 117 Å². The number of benzene rings is 3. The van der Waals surface area contributed by atoms with E-state index in [2.05, 4.69) is 22.4 Å². The van der Waals surface area contributed by atoms with Crippen LogP contribution in [-0.4, -0.2) is 33.8 Å². The number of halogens is 2. The number of carboxylic acids is 1. The Morgan fingerprint density at radius 3 is 2.71 bits per heavy atom. The molecule has 0 unspecified atom stereocenters. The second-order valence-corrected chi connectivity index (χ2v) is 10.7. The molecule has 3 N–H and O–H groups in total.